The molecule has 0 bridgehead atoms. The molecule has 0 spiro atoms. The highest BCUT2D eigenvalue weighted by atomic mass is 79.9. The van der Waals surface area contributed by atoms with E-state index in [0.717, 1.165) is 0 Å². The summed E-state index contributed by atoms with van der Waals surface area (Å²) in [6.07, 6.45) is -0.627. The van der Waals surface area contributed by atoms with E-state index in [4.69, 9.17) is 9.84 Å². The molecule has 0 heterocycles. The Morgan fingerprint density at radius 2 is 2.10 bits per heavy atom. The van der Waals surface area contributed by atoms with E-state index in [-0.39, 0.29) is 6.54 Å². The van der Waals surface area contributed by atoms with E-state index in [0.29, 0.717) is 21.3 Å². The lowest BCUT2D eigenvalue weighted by Crippen LogP contribution is -2.34. The first-order valence-corrected chi connectivity index (χ1v) is 6.76. The molecule has 110 valence electrons. The molecule has 0 radical (unpaired) electrons. The van der Waals surface area contributed by atoms with E-state index in [2.05, 4.69) is 26.6 Å². The fourth-order valence-corrected chi connectivity index (χ4v) is 2.17. The summed E-state index contributed by atoms with van der Waals surface area (Å²) in [5.41, 5.74) is 1.45. The minimum absolute atomic E-state index is 0.144. The number of anilines is 1. The molecule has 0 aliphatic carbocycles. The molecule has 20 heavy (non-hydrogen) atoms. The second kappa shape index (κ2) is 7.25. The summed E-state index contributed by atoms with van der Waals surface area (Å²) in [7, 11) is 1.30. The number of rotatable bonds is 4. The lowest BCUT2D eigenvalue weighted by atomic mass is 10.1. The monoisotopic (exact) mass is 344 g/mol. The van der Waals surface area contributed by atoms with Gasteiger partial charge in [0.2, 0.25) is 0 Å². The minimum Gasteiger partial charge on any atom is -0.465 e. The molecule has 0 unspecified atom stereocenters. The molecule has 0 aliphatic heterocycles. The molecular weight excluding hydrogens is 328 g/mol. The van der Waals surface area contributed by atoms with Crippen LogP contribution in [0.4, 0.5) is 10.5 Å². The number of carbonyl (C=O) groups excluding carboxylic acids is 2. The van der Waals surface area contributed by atoms with Crippen LogP contribution in [0.1, 0.15) is 22.8 Å². The summed E-state index contributed by atoms with van der Waals surface area (Å²) in [6, 6.07) is 2.88. The quantitative estimate of drug-likeness (QED) is 0.729. The van der Waals surface area contributed by atoms with Crippen molar-refractivity contribution in [2.45, 2.75) is 20.0 Å². The van der Waals surface area contributed by atoms with E-state index < -0.39 is 18.1 Å². The van der Waals surface area contributed by atoms with Gasteiger partial charge in [-0.2, -0.15) is 0 Å². The van der Waals surface area contributed by atoms with Gasteiger partial charge in [-0.25, -0.2) is 9.59 Å². The Hall–Kier alpha value is -1.60. The van der Waals surface area contributed by atoms with Gasteiger partial charge in [-0.3, -0.25) is 0 Å². The van der Waals surface area contributed by atoms with Crippen molar-refractivity contribution in [3.63, 3.8) is 0 Å². The highest BCUT2D eigenvalue weighted by molar-refractivity contribution is 9.10. The van der Waals surface area contributed by atoms with Crippen LogP contribution >= 0.6 is 15.9 Å². The zero-order valence-electron chi connectivity index (χ0n) is 11.5. The molecule has 0 aliphatic rings. The number of urea groups is 1. The molecule has 0 fully saturated rings. The third-order valence-corrected chi connectivity index (χ3v) is 3.27. The summed E-state index contributed by atoms with van der Waals surface area (Å²) in [4.78, 5) is 23.3. The molecule has 1 atom stereocenters. The smallest absolute Gasteiger partial charge is 0.339 e. The highest BCUT2D eigenvalue weighted by Gasteiger charge is 2.17. The number of esters is 1. The molecule has 0 aromatic heterocycles. The van der Waals surface area contributed by atoms with Crippen LogP contribution in [0.25, 0.3) is 0 Å². The fraction of sp³-hybridized carbons (Fsp3) is 0.385. The van der Waals surface area contributed by atoms with Crippen LogP contribution in [-0.4, -0.2) is 36.9 Å². The van der Waals surface area contributed by atoms with Crippen LogP contribution in [-0.2, 0) is 4.74 Å². The van der Waals surface area contributed by atoms with Crippen LogP contribution < -0.4 is 10.6 Å². The van der Waals surface area contributed by atoms with Gasteiger partial charge in [-0.05, 0) is 47.5 Å². The first kappa shape index (κ1) is 16.5. The van der Waals surface area contributed by atoms with E-state index >= 15 is 0 Å². The maximum Gasteiger partial charge on any atom is 0.339 e. The number of benzene rings is 1. The first-order chi connectivity index (χ1) is 9.36. The number of amides is 2. The maximum atomic E-state index is 11.7. The molecular formula is C13H17BrN2O4. The molecule has 6 nitrogen and oxygen atoms in total. The Labute approximate surface area is 125 Å². The fourth-order valence-electron chi connectivity index (χ4n) is 1.57. The molecule has 1 aromatic carbocycles. The molecule has 3 N–H and O–H groups in total. The van der Waals surface area contributed by atoms with E-state index in [1.807, 2.05) is 0 Å². The zero-order valence-corrected chi connectivity index (χ0v) is 13.1. The van der Waals surface area contributed by atoms with Gasteiger partial charge in [0.05, 0.1) is 18.8 Å². The van der Waals surface area contributed by atoms with Crippen LogP contribution in [0.3, 0.4) is 0 Å². The predicted molar refractivity (Wildman–Crippen MR) is 78.9 cm³/mol. The maximum absolute atomic E-state index is 11.7. The van der Waals surface area contributed by atoms with Crippen LogP contribution in [0.5, 0.6) is 0 Å². The van der Waals surface area contributed by atoms with Crippen molar-refractivity contribution < 1.29 is 19.4 Å². The van der Waals surface area contributed by atoms with Crippen molar-refractivity contribution in [2.75, 3.05) is 19.0 Å². The third kappa shape index (κ3) is 4.21. The molecule has 2 amide bonds. The van der Waals surface area contributed by atoms with Crippen LogP contribution in [0, 0.1) is 6.92 Å². The number of ether oxygens (including phenoxy) is 1. The normalized spacial score (nSPS) is 11.7. The Morgan fingerprint density at radius 3 is 2.65 bits per heavy atom. The number of hydrogen-bond donors (Lipinski definition) is 3. The number of aliphatic hydroxyl groups is 1. The summed E-state index contributed by atoms with van der Waals surface area (Å²) in [5.74, 6) is -0.484. The van der Waals surface area contributed by atoms with E-state index in [9.17, 15) is 9.59 Å². The van der Waals surface area contributed by atoms with Crippen LogP contribution in [0.15, 0.2) is 16.6 Å². The number of carbonyl (C=O) groups is 2. The molecule has 7 heteroatoms. The number of halogens is 1. The average molecular weight is 345 g/mol. The second-order valence-corrected chi connectivity index (χ2v) is 5.12. The lowest BCUT2D eigenvalue weighted by Gasteiger charge is -2.14. The Bertz CT molecular complexity index is 517. The second-order valence-electron chi connectivity index (χ2n) is 4.27. The van der Waals surface area contributed by atoms with Gasteiger partial charge in [-0.1, -0.05) is 0 Å². The summed E-state index contributed by atoms with van der Waals surface area (Å²) in [6.45, 7) is 3.42. The molecule has 0 saturated heterocycles. The Balaban J connectivity index is 2.92. The SMILES string of the molecule is COC(=O)c1c(Br)ccc(NC(=O)NC[C@@H](C)O)c1C. The highest BCUT2D eigenvalue weighted by Crippen LogP contribution is 2.27. The Kier molecular flexibility index (Phi) is 5.97. The van der Waals surface area contributed by atoms with Crippen LogP contribution in [0.2, 0.25) is 0 Å². The van der Waals surface area contributed by atoms with Crippen molar-refractivity contribution in [2.24, 2.45) is 0 Å². The summed E-state index contributed by atoms with van der Waals surface area (Å²) < 4.78 is 5.30. The van der Waals surface area contributed by atoms with Gasteiger partial charge >= 0.3 is 12.0 Å². The Morgan fingerprint density at radius 1 is 1.45 bits per heavy atom. The van der Waals surface area contributed by atoms with Gasteiger partial charge < -0.3 is 20.5 Å². The first-order valence-electron chi connectivity index (χ1n) is 5.97. The average Bonchev–Trinajstić information content (AvgIpc) is 2.39. The number of nitrogens with one attached hydrogen (secondary N) is 2. The van der Waals surface area contributed by atoms with Gasteiger partial charge in [0, 0.05) is 16.7 Å². The summed E-state index contributed by atoms with van der Waals surface area (Å²) in [5, 5.41) is 14.2. The van der Waals surface area contributed by atoms with Crippen molar-refractivity contribution in [3.05, 3.63) is 27.7 Å². The third-order valence-electron chi connectivity index (χ3n) is 2.61. The lowest BCUT2D eigenvalue weighted by molar-refractivity contribution is 0.0599. The van der Waals surface area contributed by atoms with Gasteiger partial charge in [0.25, 0.3) is 0 Å². The predicted octanol–water partition coefficient (Wildman–Crippen LogP) is 2.05. The van der Waals surface area contributed by atoms with E-state index in [1.165, 1.54) is 7.11 Å². The van der Waals surface area contributed by atoms with Crippen molar-refractivity contribution in [3.8, 4) is 0 Å². The van der Waals surface area contributed by atoms with Gasteiger partial charge in [0.15, 0.2) is 0 Å². The number of methoxy groups -OCH3 is 1. The minimum atomic E-state index is -0.627. The number of aliphatic hydroxyl groups excluding tert-OH is 1. The van der Waals surface area contributed by atoms with Crippen molar-refractivity contribution in [1.82, 2.24) is 5.32 Å². The standard InChI is InChI=1S/C13H17BrN2O4/c1-7(17)6-15-13(19)16-10-5-4-9(14)11(8(10)2)12(18)20-3/h4-5,7,17H,6H2,1-3H3,(H2,15,16,19)/t7-/m1/s1. The molecule has 0 saturated carbocycles. The summed E-state index contributed by atoms with van der Waals surface area (Å²) >= 11 is 3.28. The largest absolute Gasteiger partial charge is 0.465 e. The molecule has 1 rings (SSSR count). The molecule has 1 aromatic rings. The van der Waals surface area contributed by atoms with Crippen molar-refractivity contribution in [1.29, 1.82) is 0 Å². The van der Waals surface area contributed by atoms with Gasteiger partial charge in [0.1, 0.15) is 0 Å². The van der Waals surface area contributed by atoms with Crippen molar-refractivity contribution >= 4 is 33.6 Å². The van der Waals surface area contributed by atoms with E-state index in [1.54, 1.807) is 26.0 Å². The number of hydrogen-bond acceptors (Lipinski definition) is 4. The zero-order chi connectivity index (χ0) is 15.3. The topological polar surface area (TPSA) is 87.7 Å². The van der Waals surface area contributed by atoms with Gasteiger partial charge in [-0.15, -0.1) is 0 Å².